The van der Waals surface area contributed by atoms with Crippen LogP contribution in [0.4, 0.5) is 0 Å². The number of benzene rings is 1. The molecule has 0 amide bonds. The highest BCUT2D eigenvalue weighted by molar-refractivity contribution is 14.1. The Kier molecular flexibility index (Phi) is 6.68. The molecular formula is C12H18INS. The van der Waals surface area contributed by atoms with Crippen LogP contribution in [0, 0.1) is 3.57 Å². The average molecular weight is 335 g/mol. The highest BCUT2D eigenvalue weighted by Gasteiger charge is 2.06. The lowest BCUT2D eigenvalue weighted by Crippen LogP contribution is -2.28. The van der Waals surface area contributed by atoms with E-state index in [4.69, 9.17) is 0 Å². The summed E-state index contributed by atoms with van der Waals surface area (Å²) in [5.74, 6) is 1.23. The summed E-state index contributed by atoms with van der Waals surface area (Å²) in [6, 6.07) is 9.42. The van der Waals surface area contributed by atoms with Gasteiger partial charge in [-0.25, -0.2) is 0 Å². The van der Waals surface area contributed by atoms with E-state index in [0.29, 0.717) is 6.04 Å². The van der Waals surface area contributed by atoms with Gasteiger partial charge in [0.2, 0.25) is 0 Å². The first-order chi connectivity index (χ1) is 7.26. The first kappa shape index (κ1) is 13.3. The lowest BCUT2D eigenvalue weighted by molar-refractivity contribution is 0.547. The highest BCUT2D eigenvalue weighted by atomic mass is 127. The molecule has 0 aliphatic carbocycles. The van der Waals surface area contributed by atoms with Crippen molar-refractivity contribution >= 4 is 34.4 Å². The normalized spacial score (nSPS) is 12.7. The van der Waals surface area contributed by atoms with Gasteiger partial charge in [0, 0.05) is 9.61 Å². The monoisotopic (exact) mass is 335 g/mol. The fourth-order valence-corrected chi connectivity index (χ4v) is 2.39. The van der Waals surface area contributed by atoms with E-state index >= 15 is 0 Å². The largest absolute Gasteiger partial charge is 0.317 e. The molecule has 1 atom stereocenters. The van der Waals surface area contributed by atoms with Gasteiger partial charge in [-0.1, -0.05) is 12.1 Å². The SMILES string of the molecule is CNC(CCSC)Cc1ccc(I)cc1. The van der Waals surface area contributed by atoms with Crippen LogP contribution in [0.25, 0.3) is 0 Å². The molecule has 0 saturated carbocycles. The van der Waals surface area contributed by atoms with Crippen LogP contribution in [0.2, 0.25) is 0 Å². The summed E-state index contributed by atoms with van der Waals surface area (Å²) in [4.78, 5) is 0. The number of hydrogen-bond donors (Lipinski definition) is 1. The first-order valence-electron chi connectivity index (χ1n) is 5.17. The van der Waals surface area contributed by atoms with Crippen molar-refractivity contribution in [1.82, 2.24) is 5.32 Å². The third-order valence-electron chi connectivity index (χ3n) is 2.47. The molecule has 0 fully saturated rings. The second-order valence-corrected chi connectivity index (χ2v) is 5.83. The Hall–Kier alpha value is 0.260. The molecule has 0 spiro atoms. The van der Waals surface area contributed by atoms with Crippen molar-refractivity contribution in [1.29, 1.82) is 0 Å². The second-order valence-electron chi connectivity index (χ2n) is 3.60. The standard InChI is InChI=1S/C12H18INS/c1-14-12(7-8-15-2)9-10-3-5-11(13)6-4-10/h3-6,12,14H,7-9H2,1-2H3. The summed E-state index contributed by atoms with van der Waals surface area (Å²) < 4.78 is 1.31. The van der Waals surface area contributed by atoms with Crippen LogP contribution in [-0.2, 0) is 6.42 Å². The third kappa shape index (κ3) is 5.22. The molecule has 3 heteroatoms. The predicted octanol–water partition coefficient (Wildman–Crippen LogP) is 3.17. The molecular weight excluding hydrogens is 317 g/mol. The van der Waals surface area contributed by atoms with Crippen LogP contribution >= 0.6 is 34.4 Å². The summed E-state index contributed by atoms with van der Waals surface area (Å²) in [5.41, 5.74) is 1.43. The minimum absolute atomic E-state index is 0.609. The van der Waals surface area contributed by atoms with Crippen LogP contribution in [0.5, 0.6) is 0 Å². The van der Waals surface area contributed by atoms with Gasteiger partial charge < -0.3 is 5.32 Å². The van der Waals surface area contributed by atoms with Gasteiger partial charge in [-0.2, -0.15) is 11.8 Å². The molecule has 0 aliphatic heterocycles. The summed E-state index contributed by atoms with van der Waals surface area (Å²) in [7, 11) is 2.05. The lowest BCUT2D eigenvalue weighted by atomic mass is 10.0. The molecule has 0 aliphatic rings. The first-order valence-corrected chi connectivity index (χ1v) is 7.64. The average Bonchev–Trinajstić information content (AvgIpc) is 2.27. The summed E-state index contributed by atoms with van der Waals surface area (Å²) in [5, 5.41) is 3.38. The van der Waals surface area contributed by atoms with Gasteiger partial charge in [-0.15, -0.1) is 0 Å². The molecule has 1 aromatic rings. The fraction of sp³-hybridized carbons (Fsp3) is 0.500. The van der Waals surface area contributed by atoms with E-state index in [9.17, 15) is 0 Å². The molecule has 0 aromatic heterocycles. The molecule has 1 nitrogen and oxygen atoms in total. The Balaban J connectivity index is 2.47. The van der Waals surface area contributed by atoms with Crippen LogP contribution in [0.1, 0.15) is 12.0 Å². The summed E-state index contributed by atoms with van der Waals surface area (Å²) in [6.07, 6.45) is 4.54. The minimum Gasteiger partial charge on any atom is -0.317 e. The van der Waals surface area contributed by atoms with Gasteiger partial charge in [0.1, 0.15) is 0 Å². The van der Waals surface area contributed by atoms with Crippen LogP contribution in [0.3, 0.4) is 0 Å². The van der Waals surface area contributed by atoms with Gasteiger partial charge in [-0.05, 0) is 72.2 Å². The summed E-state index contributed by atoms with van der Waals surface area (Å²) in [6.45, 7) is 0. The minimum atomic E-state index is 0.609. The van der Waals surface area contributed by atoms with Crippen LogP contribution in [0.15, 0.2) is 24.3 Å². The second kappa shape index (κ2) is 7.52. The topological polar surface area (TPSA) is 12.0 Å². The molecule has 0 heterocycles. The molecule has 84 valence electrons. The quantitative estimate of drug-likeness (QED) is 0.802. The zero-order chi connectivity index (χ0) is 11.1. The van der Waals surface area contributed by atoms with E-state index < -0.39 is 0 Å². The van der Waals surface area contributed by atoms with E-state index in [1.165, 1.54) is 21.3 Å². The number of rotatable bonds is 6. The van der Waals surface area contributed by atoms with E-state index in [0.717, 1.165) is 6.42 Å². The van der Waals surface area contributed by atoms with Gasteiger partial charge in [-0.3, -0.25) is 0 Å². The van der Waals surface area contributed by atoms with Crippen LogP contribution < -0.4 is 5.32 Å². The third-order valence-corrected chi connectivity index (χ3v) is 3.84. The maximum Gasteiger partial charge on any atom is 0.0130 e. The highest BCUT2D eigenvalue weighted by Crippen LogP contribution is 2.11. The van der Waals surface area contributed by atoms with Crippen molar-refractivity contribution in [2.45, 2.75) is 18.9 Å². The van der Waals surface area contributed by atoms with Gasteiger partial charge in [0.05, 0.1) is 0 Å². The maximum absolute atomic E-state index is 3.38. The zero-order valence-corrected chi connectivity index (χ0v) is 12.3. The number of likely N-dealkylation sites (N-methyl/N-ethyl adjacent to an activating group) is 1. The molecule has 0 saturated heterocycles. The molecule has 1 unspecified atom stereocenters. The van der Waals surface area contributed by atoms with Crippen molar-refractivity contribution in [2.24, 2.45) is 0 Å². The van der Waals surface area contributed by atoms with E-state index in [-0.39, 0.29) is 0 Å². The molecule has 0 radical (unpaired) electrons. The number of halogens is 1. The lowest BCUT2D eigenvalue weighted by Gasteiger charge is -2.15. The summed E-state index contributed by atoms with van der Waals surface area (Å²) >= 11 is 4.26. The van der Waals surface area contributed by atoms with Crippen molar-refractivity contribution < 1.29 is 0 Å². The van der Waals surface area contributed by atoms with Crippen molar-refractivity contribution in [3.05, 3.63) is 33.4 Å². The molecule has 1 N–H and O–H groups in total. The number of hydrogen-bond acceptors (Lipinski definition) is 2. The Labute approximate surface area is 111 Å². The van der Waals surface area contributed by atoms with Gasteiger partial charge in [0.25, 0.3) is 0 Å². The van der Waals surface area contributed by atoms with E-state index in [1.54, 1.807) is 0 Å². The van der Waals surface area contributed by atoms with Gasteiger partial charge >= 0.3 is 0 Å². The smallest absolute Gasteiger partial charge is 0.0130 e. The zero-order valence-electron chi connectivity index (χ0n) is 9.29. The van der Waals surface area contributed by atoms with E-state index in [1.807, 2.05) is 11.8 Å². The number of nitrogens with one attached hydrogen (secondary N) is 1. The van der Waals surface area contributed by atoms with Crippen molar-refractivity contribution in [3.8, 4) is 0 Å². The Morgan fingerprint density at radius 3 is 2.53 bits per heavy atom. The molecule has 1 rings (SSSR count). The Bertz CT molecular complexity index is 273. The van der Waals surface area contributed by atoms with E-state index in [2.05, 4.69) is 65.5 Å². The maximum atomic E-state index is 3.38. The molecule has 15 heavy (non-hydrogen) atoms. The predicted molar refractivity (Wildman–Crippen MR) is 78.7 cm³/mol. The fourth-order valence-electron chi connectivity index (χ4n) is 1.51. The molecule has 1 aromatic carbocycles. The van der Waals surface area contributed by atoms with Gasteiger partial charge in [0.15, 0.2) is 0 Å². The van der Waals surface area contributed by atoms with Crippen molar-refractivity contribution in [2.75, 3.05) is 19.1 Å². The number of thioether (sulfide) groups is 1. The Morgan fingerprint density at radius 1 is 1.33 bits per heavy atom. The van der Waals surface area contributed by atoms with Crippen LogP contribution in [-0.4, -0.2) is 25.1 Å². The Morgan fingerprint density at radius 2 is 2.00 bits per heavy atom. The van der Waals surface area contributed by atoms with Crippen molar-refractivity contribution in [3.63, 3.8) is 0 Å². The molecule has 0 bridgehead atoms.